The van der Waals surface area contributed by atoms with Crippen molar-refractivity contribution in [3.05, 3.63) is 51.4 Å². The predicted octanol–water partition coefficient (Wildman–Crippen LogP) is 3.70. The first-order chi connectivity index (χ1) is 12.9. The van der Waals surface area contributed by atoms with Crippen molar-refractivity contribution in [2.24, 2.45) is 5.73 Å². The lowest BCUT2D eigenvalue weighted by Crippen LogP contribution is -2.14. The van der Waals surface area contributed by atoms with Crippen molar-refractivity contribution in [2.45, 2.75) is 19.3 Å². The molecule has 0 aliphatic heterocycles. The van der Waals surface area contributed by atoms with Gasteiger partial charge in [-0.15, -0.1) is 11.3 Å². The summed E-state index contributed by atoms with van der Waals surface area (Å²) in [5.41, 5.74) is 6.32. The van der Waals surface area contributed by atoms with Crippen LogP contribution < -0.4 is 11.1 Å². The number of thiazole rings is 1. The van der Waals surface area contributed by atoms with Crippen LogP contribution in [-0.4, -0.2) is 21.8 Å². The van der Waals surface area contributed by atoms with Crippen LogP contribution in [0.25, 0.3) is 11.3 Å². The molecule has 0 spiro atoms. The number of nitrogens with one attached hydrogen (secondary N) is 1. The molecule has 0 bridgehead atoms. The van der Waals surface area contributed by atoms with Crippen LogP contribution in [-0.2, 0) is 22.4 Å². The Morgan fingerprint density at radius 1 is 1.30 bits per heavy atom. The van der Waals surface area contributed by atoms with Gasteiger partial charge in [-0.05, 0) is 18.2 Å². The van der Waals surface area contributed by atoms with Gasteiger partial charge >= 0.3 is 0 Å². The minimum Gasteiger partial charge on any atom is -0.441 e. The zero-order valence-corrected chi connectivity index (χ0v) is 16.2. The van der Waals surface area contributed by atoms with Crippen LogP contribution >= 0.6 is 34.5 Å². The summed E-state index contributed by atoms with van der Waals surface area (Å²) in [5.74, 6) is 0.209. The Labute approximate surface area is 168 Å². The van der Waals surface area contributed by atoms with Gasteiger partial charge in [0.15, 0.2) is 16.8 Å². The number of aromatic nitrogens is 2. The van der Waals surface area contributed by atoms with Crippen LogP contribution in [0, 0.1) is 0 Å². The Morgan fingerprint density at radius 2 is 2.11 bits per heavy atom. The largest absolute Gasteiger partial charge is 0.441 e. The fourth-order valence-electron chi connectivity index (χ4n) is 2.27. The van der Waals surface area contributed by atoms with E-state index in [9.17, 15) is 9.59 Å². The molecule has 140 valence electrons. The first kappa shape index (κ1) is 19.3. The molecule has 27 heavy (non-hydrogen) atoms. The normalized spacial score (nSPS) is 10.7. The molecule has 7 nitrogen and oxygen atoms in total. The summed E-state index contributed by atoms with van der Waals surface area (Å²) in [4.78, 5) is 31.2. The second kappa shape index (κ2) is 8.51. The number of rotatable bonds is 7. The molecular formula is C17H14Cl2N4O3S. The van der Waals surface area contributed by atoms with E-state index in [1.165, 1.54) is 11.3 Å². The lowest BCUT2D eigenvalue weighted by Gasteiger charge is -2.01. The summed E-state index contributed by atoms with van der Waals surface area (Å²) in [6.07, 6.45) is 2.08. The monoisotopic (exact) mass is 424 g/mol. The molecule has 0 fully saturated rings. The molecule has 0 atom stereocenters. The molecule has 0 saturated heterocycles. The van der Waals surface area contributed by atoms with E-state index in [0.717, 1.165) is 0 Å². The number of halogens is 2. The van der Waals surface area contributed by atoms with Crippen molar-refractivity contribution in [1.82, 2.24) is 9.97 Å². The maximum atomic E-state index is 12.0. The fourth-order valence-corrected chi connectivity index (χ4v) is 3.49. The molecule has 3 N–H and O–H groups in total. The third-order valence-electron chi connectivity index (χ3n) is 3.47. The van der Waals surface area contributed by atoms with Gasteiger partial charge in [0, 0.05) is 28.8 Å². The number of nitrogens with zero attached hydrogens (tertiary/aromatic N) is 2. The van der Waals surface area contributed by atoms with E-state index in [4.69, 9.17) is 33.4 Å². The van der Waals surface area contributed by atoms with E-state index in [-0.39, 0.29) is 18.7 Å². The van der Waals surface area contributed by atoms with Crippen molar-refractivity contribution < 1.29 is 14.0 Å². The molecule has 0 radical (unpaired) electrons. The van der Waals surface area contributed by atoms with Gasteiger partial charge in [0.25, 0.3) is 0 Å². The highest BCUT2D eigenvalue weighted by Crippen LogP contribution is 2.30. The van der Waals surface area contributed by atoms with Crippen molar-refractivity contribution in [3.8, 4) is 11.3 Å². The average Bonchev–Trinajstić information content (AvgIpc) is 3.22. The SMILES string of the molecule is NC(=O)Cc1csc(NC(=O)CCc2ncc(-c3ccc(Cl)cc3Cl)o2)n1. The average molecular weight is 425 g/mol. The van der Waals surface area contributed by atoms with E-state index in [1.54, 1.807) is 29.8 Å². The van der Waals surface area contributed by atoms with Crippen molar-refractivity contribution >= 4 is 51.5 Å². The number of hydrogen-bond donors (Lipinski definition) is 2. The van der Waals surface area contributed by atoms with E-state index in [1.807, 2.05) is 0 Å². The van der Waals surface area contributed by atoms with Gasteiger partial charge in [-0.3, -0.25) is 9.59 Å². The van der Waals surface area contributed by atoms with Gasteiger partial charge in [0.05, 0.1) is 23.3 Å². The molecule has 3 aromatic rings. The first-order valence-corrected chi connectivity index (χ1v) is 9.47. The van der Waals surface area contributed by atoms with Crippen LogP contribution in [0.5, 0.6) is 0 Å². The Morgan fingerprint density at radius 3 is 2.85 bits per heavy atom. The molecule has 3 rings (SSSR count). The summed E-state index contributed by atoms with van der Waals surface area (Å²) in [7, 11) is 0. The lowest BCUT2D eigenvalue weighted by atomic mass is 10.2. The van der Waals surface area contributed by atoms with E-state index in [2.05, 4.69) is 15.3 Å². The highest BCUT2D eigenvalue weighted by molar-refractivity contribution is 7.13. The number of amides is 2. The molecule has 2 amide bonds. The summed E-state index contributed by atoms with van der Waals surface area (Å²) >= 11 is 13.3. The zero-order valence-electron chi connectivity index (χ0n) is 13.9. The number of anilines is 1. The molecule has 2 aromatic heterocycles. The number of primary amides is 1. The minimum atomic E-state index is -0.473. The Bertz CT molecular complexity index is 986. The van der Waals surface area contributed by atoms with Gasteiger partial charge < -0.3 is 15.5 Å². The molecule has 2 heterocycles. The standard InChI is InChI=1S/C17H14Cl2N4O3S/c18-9-1-2-11(12(19)5-9)13-7-21-16(26-13)4-3-15(25)23-17-22-10(8-27-17)6-14(20)24/h1-2,5,7-8H,3-4,6H2,(H2,20,24)(H,22,23,25). The number of carbonyl (C=O) groups excluding carboxylic acids is 2. The second-order valence-electron chi connectivity index (χ2n) is 5.58. The molecule has 10 heteroatoms. The quantitative estimate of drug-likeness (QED) is 0.600. The van der Waals surface area contributed by atoms with Gasteiger partial charge in [-0.25, -0.2) is 9.97 Å². The Hall–Kier alpha value is -2.42. The summed E-state index contributed by atoms with van der Waals surface area (Å²) in [5, 5.41) is 5.75. The highest BCUT2D eigenvalue weighted by atomic mass is 35.5. The third kappa shape index (κ3) is 5.29. The van der Waals surface area contributed by atoms with Crippen molar-refractivity contribution in [2.75, 3.05) is 5.32 Å². The molecule has 0 aliphatic rings. The van der Waals surface area contributed by atoms with E-state index >= 15 is 0 Å². The summed E-state index contributed by atoms with van der Waals surface area (Å²) < 4.78 is 5.66. The summed E-state index contributed by atoms with van der Waals surface area (Å²) in [6.45, 7) is 0. The van der Waals surface area contributed by atoms with Crippen molar-refractivity contribution in [1.29, 1.82) is 0 Å². The van der Waals surface area contributed by atoms with Gasteiger partial charge in [-0.2, -0.15) is 0 Å². The maximum absolute atomic E-state index is 12.0. The van der Waals surface area contributed by atoms with E-state index < -0.39 is 5.91 Å². The van der Waals surface area contributed by atoms with Gasteiger partial charge in [-0.1, -0.05) is 23.2 Å². The number of benzene rings is 1. The topological polar surface area (TPSA) is 111 Å². The molecule has 0 aliphatic carbocycles. The minimum absolute atomic E-state index is 0.0404. The smallest absolute Gasteiger partial charge is 0.226 e. The predicted molar refractivity (Wildman–Crippen MR) is 104 cm³/mol. The Kier molecular flexibility index (Phi) is 6.10. The number of nitrogens with two attached hydrogens (primary N) is 1. The molecule has 0 unspecified atom stereocenters. The van der Waals surface area contributed by atoms with Crippen LogP contribution in [0.2, 0.25) is 10.0 Å². The van der Waals surface area contributed by atoms with Gasteiger partial charge in [0.2, 0.25) is 11.8 Å². The van der Waals surface area contributed by atoms with E-state index in [0.29, 0.717) is 44.5 Å². The third-order valence-corrected chi connectivity index (χ3v) is 4.82. The number of aryl methyl sites for hydroxylation is 1. The number of hydrogen-bond acceptors (Lipinski definition) is 6. The first-order valence-electron chi connectivity index (χ1n) is 7.83. The maximum Gasteiger partial charge on any atom is 0.226 e. The Balaban J connectivity index is 1.56. The molecular weight excluding hydrogens is 411 g/mol. The lowest BCUT2D eigenvalue weighted by molar-refractivity contribution is -0.117. The van der Waals surface area contributed by atoms with Gasteiger partial charge in [0.1, 0.15) is 0 Å². The van der Waals surface area contributed by atoms with Crippen LogP contribution in [0.1, 0.15) is 18.0 Å². The zero-order chi connectivity index (χ0) is 19.4. The number of carbonyl (C=O) groups is 2. The summed E-state index contributed by atoms with van der Waals surface area (Å²) in [6, 6.07) is 5.07. The fraction of sp³-hybridized carbons (Fsp3) is 0.176. The van der Waals surface area contributed by atoms with Crippen LogP contribution in [0.3, 0.4) is 0 Å². The van der Waals surface area contributed by atoms with Crippen molar-refractivity contribution in [3.63, 3.8) is 0 Å². The highest BCUT2D eigenvalue weighted by Gasteiger charge is 2.13. The van der Waals surface area contributed by atoms with Crippen LogP contribution in [0.15, 0.2) is 34.2 Å². The number of oxazole rings is 1. The molecule has 1 aromatic carbocycles. The second-order valence-corrected chi connectivity index (χ2v) is 7.28. The molecule has 0 saturated carbocycles. The van der Waals surface area contributed by atoms with Crippen LogP contribution in [0.4, 0.5) is 5.13 Å².